The average Bonchev–Trinajstić information content (AvgIpc) is 3.15. The van der Waals surface area contributed by atoms with Crippen molar-refractivity contribution in [1.29, 1.82) is 0 Å². The molecule has 0 bridgehead atoms. The van der Waals surface area contributed by atoms with Crippen LogP contribution < -0.4 is 0 Å². The highest BCUT2D eigenvalue weighted by Crippen LogP contribution is 2.06. The van der Waals surface area contributed by atoms with E-state index in [4.69, 9.17) is 62.7 Å². The molecule has 0 aliphatic carbocycles. The van der Waals surface area contributed by atoms with Crippen molar-refractivity contribution in [3.8, 4) is 0 Å². The molecule has 0 fully saturated rings. The second kappa shape index (κ2) is 37.0. The summed E-state index contributed by atoms with van der Waals surface area (Å²) in [7, 11) is 0. The van der Waals surface area contributed by atoms with Gasteiger partial charge in [-0.3, -0.25) is 0 Å². The quantitative estimate of drug-likeness (QED) is 0.0661. The van der Waals surface area contributed by atoms with Gasteiger partial charge in [0, 0.05) is 11.1 Å². The molecule has 16 heteroatoms. The van der Waals surface area contributed by atoms with Gasteiger partial charge in [0.15, 0.2) is 0 Å². The molecule has 0 rings (SSSR count). The van der Waals surface area contributed by atoms with Crippen LogP contribution in [0.2, 0.25) is 0 Å². The Morgan fingerprint density at radius 3 is 0.649 bits per heavy atom. The van der Waals surface area contributed by atoms with Crippen LogP contribution in [0.4, 0.5) is 0 Å². The first-order valence-electron chi connectivity index (χ1n) is 19.7. The molecule has 0 heterocycles. The van der Waals surface area contributed by atoms with Crippen molar-refractivity contribution in [2.45, 2.75) is 157 Å². The first-order chi connectivity index (χ1) is 26.5. The van der Waals surface area contributed by atoms with E-state index in [0.717, 1.165) is 0 Å². The third kappa shape index (κ3) is 43.3. The molecule has 0 radical (unpaired) electrons. The molecule has 11 atom stereocenters. The second-order valence-electron chi connectivity index (χ2n) is 14.6. The number of aliphatic hydroxyl groups excluding tert-OH is 2. The summed E-state index contributed by atoms with van der Waals surface area (Å²) in [6.07, 6.45) is -1.41. The zero-order valence-corrected chi connectivity index (χ0v) is 37.2. The minimum Gasteiger partial charge on any atom is -0.478 e. The Balaban J connectivity index is -0.00000209. The second-order valence-corrected chi connectivity index (χ2v) is 14.6. The van der Waals surface area contributed by atoms with Gasteiger partial charge in [-0.25, -0.2) is 9.59 Å². The zero-order chi connectivity index (χ0) is 44.5. The Kier molecular flexibility index (Phi) is 38.4. The van der Waals surface area contributed by atoms with E-state index in [2.05, 4.69) is 13.2 Å². The maximum absolute atomic E-state index is 9.60. The summed E-state index contributed by atoms with van der Waals surface area (Å²) in [6, 6.07) is 0. The van der Waals surface area contributed by atoms with Crippen molar-refractivity contribution in [2.75, 3.05) is 72.7 Å². The zero-order valence-electron chi connectivity index (χ0n) is 37.2. The van der Waals surface area contributed by atoms with Gasteiger partial charge in [-0.05, 0) is 90.0 Å². The van der Waals surface area contributed by atoms with Crippen LogP contribution in [0.5, 0.6) is 0 Å². The van der Waals surface area contributed by atoms with Gasteiger partial charge in [0.25, 0.3) is 0 Å². The van der Waals surface area contributed by atoms with Crippen LogP contribution in [0.25, 0.3) is 0 Å². The lowest BCUT2D eigenvalue weighted by molar-refractivity contribution is -0.133. The number of rotatable bonds is 33. The van der Waals surface area contributed by atoms with Crippen molar-refractivity contribution >= 4 is 11.9 Å². The van der Waals surface area contributed by atoms with Crippen molar-refractivity contribution in [1.82, 2.24) is 0 Å². The van der Waals surface area contributed by atoms with E-state index in [1.54, 1.807) is 6.92 Å². The van der Waals surface area contributed by atoms with Crippen LogP contribution in [0.15, 0.2) is 24.3 Å². The first kappa shape index (κ1) is 59.3. The van der Waals surface area contributed by atoms with Gasteiger partial charge in [0.1, 0.15) is 0 Å². The van der Waals surface area contributed by atoms with Crippen LogP contribution in [-0.2, 0) is 57.0 Å². The summed E-state index contributed by atoms with van der Waals surface area (Å²) < 4.78 is 57.8. The Labute approximate surface area is 343 Å². The minimum atomic E-state index is -0.935. The number of aliphatic carboxylic acids is 2. The molecule has 4 N–H and O–H groups in total. The number of hydrogen-bond donors (Lipinski definition) is 4. The lowest BCUT2D eigenvalue weighted by atomic mass is 10.3. The summed E-state index contributed by atoms with van der Waals surface area (Å²) in [5.74, 6) is -1.87. The van der Waals surface area contributed by atoms with Gasteiger partial charge >= 0.3 is 11.9 Å². The predicted octanol–water partition coefficient (Wildman–Crippen LogP) is 4.70. The number of ether oxygens (including phenoxy) is 10. The summed E-state index contributed by atoms with van der Waals surface area (Å²) in [5, 5.41) is 34.1. The molecular weight excluding hydrogens is 748 g/mol. The van der Waals surface area contributed by atoms with Gasteiger partial charge in [0.2, 0.25) is 0 Å². The molecule has 0 aliphatic heterocycles. The molecule has 0 spiro atoms. The maximum atomic E-state index is 9.60. The molecule has 0 aromatic carbocycles. The Hall–Kier alpha value is -2.06. The summed E-state index contributed by atoms with van der Waals surface area (Å²) in [6.45, 7) is 34.7. The molecule has 0 aliphatic rings. The summed E-state index contributed by atoms with van der Waals surface area (Å²) >= 11 is 0. The first-order valence-corrected chi connectivity index (χ1v) is 19.7. The fourth-order valence-corrected chi connectivity index (χ4v) is 3.49. The van der Waals surface area contributed by atoms with E-state index in [9.17, 15) is 14.7 Å². The van der Waals surface area contributed by atoms with E-state index in [0.29, 0.717) is 66.1 Å². The molecule has 16 nitrogen and oxygen atoms in total. The number of carboxylic acid groups (broad SMARTS) is 2. The van der Waals surface area contributed by atoms with Crippen molar-refractivity contribution in [2.24, 2.45) is 0 Å². The van der Waals surface area contributed by atoms with E-state index in [1.807, 2.05) is 69.2 Å². The van der Waals surface area contributed by atoms with Gasteiger partial charge < -0.3 is 67.8 Å². The SMILES string of the molecule is C=C(C)C(=O)O.C=C(C)C(=O)O.CC(O)COC(C)COC(C)COC(C)COC(C)COC(C)COC(C)COC(C)COC(C)COC(C)COC(C)CO. The Bertz CT molecular complexity index is 963. The van der Waals surface area contributed by atoms with Crippen LogP contribution in [0.1, 0.15) is 90.0 Å². The number of carboxylic acids is 2. The van der Waals surface area contributed by atoms with E-state index in [1.165, 1.54) is 13.8 Å². The van der Waals surface area contributed by atoms with Gasteiger partial charge in [0.05, 0.1) is 140 Å². The molecule has 0 saturated carbocycles. The third-order valence-corrected chi connectivity index (χ3v) is 7.15. The number of carbonyl (C=O) groups is 2. The van der Waals surface area contributed by atoms with Gasteiger partial charge in [-0.1, -0.05) is 13.2 Å². The molecule has 57 heavy (non-hydrogen) atoms. The monoisotopic (exact) mass is 829 g/mol. The van der Waals surface area contributed by atoms with Gasteiger partial charge in [-0.2, -0.15) is 0 Å². The maximum Gasteiger partial charge on any atom is 0.330 e. The van der Waals surface area contributed by atoms with E-state index in [-0.39, 0.29) is 78.8 Å². The molecule has 11 unspecified atom stereocenters. The fraction of sp³-hybridized carbons (Fsp3) is 0.854. The Morgan fingerprint density at radius 1 is 0.386 bits per heavy atom. The Morgan fingerprint density at radius 2 is 0.526 bits per heavy atom. The van der Waals surface area contributed by atoms with Crippen molar-refractivity contribution in [3.63, 3.8) is 0 Å². The average molecular weight is 829 g/mol. The molecule has 0 amide bonds. The smallest absolute Gasteiger partial charge is 0.330 e. The summed E-state index contributed by atoms with van der Waals surface area (Å²) in [4.78, 5) is 19.2. The van der Waals surface area contributed by atoms with Crippen LogP contribution in [-0.4, -0.2) is 172 Å². The van der Waals surface area contributed by atoms with Crippen LogP contribution in [0, 0.1) is 0 Å². The van der Waals surface area contributed by atoms with E-state index < -0.39 is 18.0 Å². The molecular formula is C41H80O16. The lowest BCUT2D eigenvalue weighted by Crippen LogP contribution is -2.30. The summed E-state index contributed by atoms with van der Waals surface area (Å²) in [5.41, 5.74) is 0.352. The fourth-order valence-electron chi connectivity index (χ4n) is 3.49. The van der Waals surface area contributed by atoms with Crippen molar-refractivity contribution < 1.29 is 77.4 Å². The topological polar surface area (TPSA) is 207 Å². The normalized spacial score (nSPS) is 17.1. The van der Waals surface area contributed by atoms with E-state index >= 15 is 0 Å². The molecule has 0 aromatic heterocycles. The molecule has 0 aromatic rings. The standard InChI is InChI=1S/C33H68O12.2C4H6O2/c1-23(35)13-36-25(3)15-38-27(5)17-40-29(7)19-42-31(9)21-44-33(11)22-45-32(10)20-43-30(8)18-41-28(6)16-39-26(4)14-37-24(2)12-34;2*1-3(2)4(5)6/h23-35H,12-22H2,1-11H3;2*1H2,2H3,(H,5,6). The highest BCUT2D eigenvalue weighted by molar-refractivity contribution is 5.85. The highest BCUT2D eigenvalue weighted by Gasteiger charge is 2.16. The van der Waals surface area contributed by atoms with Crippen molar-refractivity contribution in [3.05, 3.63) is 24.3 Å². The number of hydrogen-bond acceptors (Lipinski definition) is 14. The minimum absolute atomic E-state index is 0.00500. The highest BCUT2D eigenvalue weighted by atomic mass is 16.6. The van der Waals surface area contributed by atoms with Crippen LogP contribution in [0.3, 0.4) is 0 Å². The largest absolute Gasteiger partial charge is 0.478 e. The molecule has 340 valence electrons. The van der Waals surface area contributed by atoms with Crippen LogP contribution >= 0.6 is 0 Å². The third-order valence-electron chi connectivity index (χ3n) is 7.15. The molecule has 0 saturated heterocycles. The predicted molar refractivity (Wildman–Crippen MR) is 218 cm³/mol. The number of aliphatic hydroxyl groups is 2. The lowest BCUT2D eigenvalue weighted by Gasteiger charge is -2.23. The van der Waals surface area contributed by atoms with Gasteiger partial charge in [-0.15, -0.1) is 0 Å².